The van der Waals surface area contributed by atoms with Crippen LogP contribution in [0.25, 0.3) is 0 Å². The molecule has 0 bridgehead atoms. The van der Waals surface area contributed by atoms with Crippen LogP contribution in [0.5, 0.6) is 0 Å². The van der Waals surface area contributed by atoms with E-state index in [1.807, 2.05) is 0 Å². The van der Waals surface area contributed by atoms with Crippen molar-refractivity contribution < 1.29 is 19.1 Å². The fourth-order valence-electron chi connectivity index (χ4n) is 0.851. The Morgan fingerprint density at radius 3 is 1.77 bits per heavy atom. The summed E-state index contributed by atoms with van der Waals surface area (Å²) in [7, 11) is 2.62. The molecule has 4 heteroatoms. The van der Waals surface area contributed by atoms with Crippen LogP contribution < -0.4 is 0 Å². The Morgan fingerprint density at radius 1 is 1.08 bits per heavy atom. The van der Waals surface area contributed by atoms with E-state index in [0.29, 0.717) is 6.42 Å². The van der Waals surface area contributed by atoms with Crippen LogP contribution >= 0.6 is 0 Å². The number of allylic oxidation sites excluding steroid dienone is 2. The highest BCUT2D eigenvalue weighted by atomic mass is 16.5. The van der Waals surface area contributed by atoms with Crippen molar-refractivity contribution in [3.05, 3.63) is 23.3 Å². The highest BCUT2D eigenvalue weighted by Crippen LogP contribution is 2.36. The molecule has 13 heavy (non-hydrogen) atoms. The van der Waals surface area contributed by atoms with Gasteiger partial charge in [-0.25, -0.2) is 9.59 Å². The molecule has 4 nitrogen and oxygen atoms in total. The maximum atomic E-state index is 10.7. The Bertz CT molecular complexity index is 269. The van der Waals surface area contributed by atoms with Crippen molar-refractivity contribution in [1.29, 1.82) is 0 Å². The molecule has 1 saturated carbocycles. The normalized spacial score (nSPS) is 20.2. The van der Waals surface area contributed by atoms with Gasteiger partial charge in [0.25, 0.3) is 0 Å². The molecular weight excluding hydrogens is 172 g/mol. The molecule has 1 fully saturated rings. The number of carbonyl (C=O) groups is 2. The second-order valence-electron chi connectivity index (χ2n) is 2.56. The summed E-state index contributed by atoms with van der Waals surface area (Å²) in [4.78, 5) is 21.4. The molecule has 0 aliphatic heterocycles. The Balaban J connectivity index is 2.55. The summed E-state index contributed by atoms with van der Waals surface area (Å²) in [6, 6.07) is 0. The molecule has 0 N–H and O–H groups in total. The second kappa shape index (κ2) is 3.89. The fourth-order valence-corrected chi connectivity index (χ4v) is 0.851. The summed E-state index contributed by atoms with van der Waals surface area (Å²) in [6.45, 7) is 0. The second-order valence-corrected chi connectivity index (χ2v) is 2.56. The lowest BCUT2D eigenvalue weighted by molar-refractivity contribution is -0.135. The standard InChI is InChI=1S/C9H10O4/c1-12-8(10)4-6-3-7(6)5-9(11)13-2/h4-5H,3H2,1-2H3/b6-4-,7-5+. The molecule has 0 aromatic carbocycles. The number of esters is 2. The summed E-state index contributed by atoms with van der Waals surface area (Å²) in [5, 5.41) is 0. The fraction of sp³-hybridized carbons (Fsp3) is 0.333. The first-order chi connectivity index (χ1) is 6.17. The van der Waals surface area contributed by atoms with Crippen LogP contribution in [0.3, 0.4) is 0 Å². The molecule has 0 aromatic rings. The third kappa shape index (κ3) is 2.74. The topological polar surface area (TPSA) is 52.6 Å². The van der Waals surface area contributed by atoms with E-state index in [1.165, 1.54) is 26.4 Å². The van der Waals surface area contributed by atoms with E-state index in [-0.39, 0.29) is 0 Å². The summed E-state index contributed by atoms with van der Waals surface area (Å²) >= 11 is 0. The molecule has 0 amide bonds. The van der Waals surface area contributed by atoms with Crippen LogP contribution in [-0.2, 0) is 19.1 Å². The van der Waals surface area contributed by atoms with Gasteiger partial charge in [0.1, 0.15) is 0 Å². The van der Waals surface area contributed by atoms with E-state index in [1.54, 1.807) is 0 Å². The van der Waals surface area contributed by atoms with Crippen molar-refractivity contribution in [2.24, 2.45) is 0 Å². The van der Waals surface area contributed by atoms with E-state index in [4.69, 9.17) is 0 Å². The summed E-state index contributed by atoms with van der Waals surface area (Å²) in [5.74, 6) is -0.800. The van der Waals surface area contributed by atoms with E-state index in [2.05, 4.69) is 9.47 Å². The monoisotopic (exact) mass is 182 g/mol. The molecule has 1 aliphatic carbocycles. The van der Waals surface area contributed by atoms with Gasteiger partial charge in [0, 0.05) is 12.2 Å². The first kappa shape index (κ1) is 9.51. The maximum absolute atomic E-state index is 10.7. The quantitative estimate of drug-likeness (QED) is 0.463. The van der Waals surface area contributed by atoms with Crippen molar-refractivity contribution in [2.45, 2.75) is 6.42 Å². The van der Waals surface area contributed by atoms with Gasteiger partial charge in [0.05, 0.1) is 14.2 Å². The number of hydrogen-bond acceptors (Lipinski definition) is 4. The lowest BCUT2D eigenvalue weighted by Gasteiger charge is -1.87. The Morgan fingerprint density at radius 2 is 1.46 bits per heavy atom. The number of rotatable bonds is 2. The number of methoxy groups -OCH3 is 2. The smallest absolute Gasteiger partial charge is 0.330 e. The molecule has 0 heterocycles. The van der Waals surface area contributed by atoms with Crippen LogP contribution in [0.1, 0.15) is 6.42 Å². The lowest BCUT2D eigenvalue weighted by Crippen LogP contribution is -1.94. The van der Waals surface area contributed by atoms with Crippen LogP contribution in [0.4, 0.5) is 0 Å². The van der Waals surface area contributed by atoms with Crippen molar-refractivity contribution in [3.8, 4) is 0 Å². The van der Waals surface area contributed by atoms with Crippen molar-refractivity contribution in [1.82, 2.24) is 0 Å². The van der Waals surface area contributed by atoms with Gasteiger partial charge in [-0.2, -0.15) is 0 Å². The first-order valence-corrected chi connectivity index (χ1v) is 3.74. The number of ether oxygens (including phenoxy) is 2. The molecule has 0 atom stereocenters. The molecule has 0 unspecified atom stereocenters. The van der Waals surface area contributed by atoms with E-state index in [0.717, 1.165) is 11.1 Å². The molecule has 70 valence electrons. The van der Waals surface area contributed by atoms with Crippen LogP contribution in [0.15, 0.2) is 23.3 Å². The van der Waals surface area contributed by atoms with Gasteiger partial charge in [-0.3, -0.25) is 0 Å². The summed E-state index contributed by atoms with van der Waals surface area (Å²) in [5.41, 5.74) is 1.66. The predicted octanol–water partition coefficient (Wildman–Crippen LogP) is 0.589. The van der Waals surface area contributed by atoms with E-state index < -0.39 is 11.9 Å². The van der Waals surface area contributed by atoms with Crippen molar-refractivity contribution >= 4 is 11.9 Å². The maximum Gasteiger partial charge on any atom is 0.330 e. The van der Waals surface area contributed by atoms with Crippen LogP contribution in [0, 0.1) is 0 Å². The lowest BCUT2D eigenvalue weighted by atomic mass is 10.4. The van der Waals surface area contributed by atoms with Gasteiger partial charge >= 0.3 is 11.9 Å². The average molecular weight is 182 g/mol. The molecule has 1 aliphatic rings. The molecule has 0 spiro atoms. The van der Waals surface area contributed by atoms with Gasteiger partial charge in [-0.1, -0.05) is 0 Å². The minimum Gasteiger partial charge on any atom is -0.466 e. The van der Waals surface area contributed by atoms with Gasteiger partial charge in [0.15, 0.2) is 0 Å². The highest BCUT2D eigenvalue weighted by molar-refractivity contribution is 5.89. The molecular formula is C9H10O4. The SMILES string of the molecule is COC(=O)/C=C1/C/C1=C\C(=O)OC. The Kier molecular flexibility index (Phi) is 2.84. The van der Waals surface area contributed by atoms with Gasteiger partial charge in [-0.05, 0) is 17.6 Å². The zero-order chi connectivity index (χ0) is 9.84. The van der Waals surface area contributed by atoms with Crippen molar-refractivity contribution in [3.63, 3.8) is 0 Å². The number of carbonyl (C=O) groups excluding carboxylic acids is 2. The van der Waals surface area contributed by atoms with E-state index >= 15 is 0 Å². The zero-order valence-corrected chi connectivity index (χ0v) is 7.49. The largest absolute Gasteiger partial charge is 0.466 e. The van der Waals surface area contributed by atoms with Crippen LogP contribution in [0.2, 0.25) is 0 Å². The highest BCUT2D eigenvalue weighted by Gasteiger charge is 2.23. The van der Waals surface area contributed by atoms with E-state index in [9.17, 15) is 9.59 Å². The summed E-state index contributed by atoms with van der Waals surface area (Å²) in [6.07, 6.45) is 3.40. The number of hydrogen-bond donors (Lipinski definition) is 0. The Labute approximate surface area is 75.8 Å². The van der Waals surface area contributed by atoms with Crippen molar-refractivity contribution in [2.75, 3.05) is 14.2 Å². The molecule has 0 radical (unpaired) electrons. The average Bonchev–Trinajstić information content (AvgIpc) is 2.83. The third-order valence-electron chi connectivity index (χ3n) is 1.65. The predicted molar refractivity (Wildman–Crippen MR) is 44.8 cm³/mol. The zero-order valence-electron chi connectivity index (χ0n) is 7.49. The summed E-state index contributed by atoms with van der Waals surface area (Å²) < 4.78 is 8.84. The first-order valence-electron chi connectivity index (χ1n) is 3.74. The Hall–Kier alpha value is -1.58. The molecule has 0 aromatic heterocycles. The van der Waals surface area contributed by atoms with Gasteiger partial charge in [-0.15, -0.1) is 0 Å². The minimum absolute atomic E-state index is 0.400. The van der Waals surface area contributed by atoms with Gasteiger partial charge in [0.2, 0.25) is 0 Å². The van der Waals surface area contributed by atoms with Gasteiger partial charge < -0.3 is 9.47 Å². The minimum atomic E-state index is -0.400. The molecule has 1 rings (SSSR count). The third-order valence-corrected chi connectivity index (χ3v) is 1.65. The van der Waals surface area contributed by atoms with Crippen LogP contribution in [-0.4, -0.2) is 26.2 Å². The molecule has 0 saturated heterocycles.